The number of hydrogen-bond acceptors (Lipinski definition) is 4. The van der Waals surface area contributed by atoms with Gasteiger partial charge in [-0.15, -0.1) is 0 Å². The van der Waals surface area contributed by atoms with Crippen molar-refractivity contribution in [3.8, 4) is 5.75 Å². The Kier molecular flexibility index (Phi) is 5.16. The average Bonchev–Trinajstić information content (AvgIpc) is 2.64. The summed E-state index contributed by atoms with van der Waals surface area (Å²) in [6, 6.07) is 17.9. The van der Waals surface area contributed by atoms with Crippen molar-refractivity contribution < 1.29 is 9.53 Å². The number of hydrogen-bond donors (Lipinski definition) is 2. The molecule has 0 spiro atoms. The molecule has 5 nitrogen and oxygen atoms in total. The number of nitrogens with one attached hydrogen (secondary N) is 2. The average molecular weight is 354 g/mol. The van der Waals surface area contributed by atoms with Crippen molar-refractivity contribution >= 4 is 34.7 Å². The summed E-state index contributed by atoms with van der Waals surface area (Å²) in [5, 5.41) is 6.47. The van der Waals surface area contributed by atoms with Crippen molar-refractivity contribution in [2.45, 2.75) is 0 Å². The summed E-state index contributed by atoms with van der Waals surface area (Å²) in [5.41, 5.74) is 2.10. The molecule has 1 amide bonds. The van der Waals surface area contributed by atoms with Crippen LogP contribution in [0.2, 0.25) is 5.02 Å². The molecule has 1 heterocycles. The molecule has 0 bridgehead atoms. The van der Waals surface area contributed by atoms with Crippen LogP contribution in [0.4, 0.5) is 17.2 Å². The SMILES string of the molecule is COc1ccccc1Nc1ccc(NC(=O)c2cccc(Cl)c2)nc1. The predicted molar refractivity (Wildman–Crippen MR) is 99.9 cm³/mol. The van der Waals surface area contributed by atoms with Gasteiger partial charge in [-0.1, -0.05) is 29.8 Å². The van der Waals surface area contributed by atoms with Crippen LogP contribution in [-0.4, -0.2) is 18.0 Å². The largest absolute Gasteiger partial charge is 0.495 e. The number of carbonyl (C=O) groups is 1. The van der Waals surface area contributed by atoms with Crippen molar-refractivity contribution in [3.63, 3.8) is 0 Å². The first-order chi connectivity index (χ1) is 12.2. The van der Waals surface area contributed by atoms with Crippen LogP contribution in [0.15, 0.2) is 66.9 Å². The molecule has 3 aromatic rings. The third kappa shape index (κ3) is 4.28. The lowest BCUT2D eigenvalue weighted by Gasteiger charge is -2.11. The van der Waals surface area contributed by atoms with E-state index in [9.17, 15) is 4.79 Å². The Morgan fingerprint density at radius 2 is 1.92 bits per heavy atom. The number of rotatable bonds is 5. The third-order valence-electron chi connectivity index (χ3n) is 3.48. The number of amides is 1. The Labute approximate surface area is 150 Å². The van der Waals surface area contributed by atoms with E-state index < -0.39 is 0 Å². The summed E-state index contributed by atoms with van der Waals surface area (Å²) in [6.45, 7) is 0. The molecule has 126 valence electrons. The highest BCUT2D eigenvalue weighted by atomic mass is 35.5. The van der Waals surface area contributed by atoms with Crippen molar-refractivity contribution in [1.82, 2.24) is 4.98 Å². The fourth-order valence-corrected chi connectivity index (χ4v) is 2.45. The van der Waals surface area contributed by atoms with Crippen molar-refractivity contribution in [2.24, 2.45) is 0 Å². The fourth-order valence-electron chi connectivity index (χ4n) is 2.26. The molecule has 0 saturated carbocycles. The van der Waals surface area contributed by atoms with Crippen LogP contribution < -0.4 is 15.4 Å². The van der Waals surface area contributed by atoms with Crippen LogP contribution in [0.25, 0.3) is 0 Å². The summed E-state index contributed by atoms with van der Waals surface area (Å²) in [6.07, 6.45) is 1.64. The highest BCUT2D eigenvalue weighted by Crippen LogP contribution is 2.26. The van der Waals surface area contributed by atoms with Crippen LogP contribution in [0, 0.1) is 0 Å². The van der Waals surface area contributed by atoms with Gasteiger partial charge in [-0.25, -0.2) is 4.98 Å². The van der Waals surface area contributed by atoms with E-state index in [0.717, 1.165) is 17.1 Å². The number of para-hydroxylation sites is 2. The fraction of sp³-hybridized carbons (Fsp3) is 0.0526. The number of pyridine rings is 1. The molecule has 0 aliphatic heterocycles. The van der Waals surface area contributed by atoms with E-state index in [1.165, 1.54) is 0 Å². The van der Waals surface area contributed by atoms with Crippen LogP contribution >= 0.6 is 11.6 Å². The van der Waals surface area contributed by atoms with Gasteiger partial charge in [-0.3, -0.25) is 4.79 Å². The van der Waals surface area contributed by atoms with Gasteiger partial charge in [-0.05, 0) is 42.5 Å². The third-order valence-corrected chi connectivity index (χ3v) is 3.71. The van der Waals surface area contributed by atoms with Crippen LogP contribution in [0.1, 0.15) is 10.4 Å². The minimum atomic E-state index is -0.263. The molecule has 0 aliphatic carbocycles. The smallest absolute Gasteiger partial charge is 0.256 e. The van der Waals surface area contributed by atoms with Gasteiger partial charge in [0.15, 0.2) is 0 Å². The van der Waals surface area contributed by atoms with Crippen LogP contribution in [0.3, 0.4) is 0 Å². The van der Waals surface area contributed by atoms with Crippen LogP contribution in [0.5, 0.6) is 5.75 Å². The molecule has 2 N–H and O–H groups in total. The normalized spacial score (nSPS) is 10.2. The van der Waals surface area contributed by atoms with Crippen molar-refractivity contribution in [2.75, 3.05) is 17.7 Å². The van der Waals surface area contributed by atoms with Gasteiger partial charge in [-0.2, -0.15) is 0 Å². The molecule has 0 unspecified atom stereocenters. The van der Waals surface area contributed by atoms with E-state index in [1.807, 2.05) is 30.3 Å². The number of halogens is 1. The Morgan fingerprint density at radius 3 is 2.64 bits per heavy atom. The predicted octanol–water partition coefficient (Wildman–Crippen LogP) is 4.74. The molecule has 6 heteroatoms. The first-order valence-corrected chi connectivity index (χ1v) is 7.96. The molecule has 0 saturated heterocycles. The standard InChI is InChI=1S/C19H16ClN3O2/c1-25-17-8-3-2-7-16(17)22-15-9-10-18(21-12-15)23-19(24)13-5-4-6-14(20)11-13/h2-12,22H,1H3,(H,21,23,24). The second-order valence-electron chi connectivity index (χ2n) is 5.22. The quantitative estimate of drug-likeness (QED) is 0.695. The summed E-state index contributed by atoms with van der Waals surface area (Å²) in [5.74, 6) is 0.928. The lowest BCUT2D eigenvalue weighted by atomic mass is 10.2. The molecular formula is C19H16ClN3O2. The topological polar surface area (TPSA) is 63.2 Å². The number of methoxy groups -OCH3 is 1. The molecule has 0 radical (unpaired) electrons. The summed E-state index contributed by atoms with van der Waals surface area (Å²) >= 11 is 5.90. The first-order valence-electron chi connectivity index (χ1n) is 7.59. The van der Waals surface area contributed by atoms with E-state index in [1.54, 1.807) is 43.6 Å². The number of anilines is 3. The molecule has 1 aromatic heterocycles. The minimum Gasteiger partial charge on any atom is -0.495 e. The summed E-state index contributed by atoms with van der Waals surface area (Å²) in [4.78, 5) is 16.4. The number of aromatic nitrogens is 1. The highest BCUT2D eigenvalue weighted by Gasteiger charge is 2.08. The zero-order valence-electron chi connectivity index (χ0n) is 13.5. The van der Waals surface area contributed by atoms with E-state index >= 15 is 0 Å². The maximum atomic E-state index is 12.2. The molecule has 0 fully saturated rings. The van der Waals surface area contributed by atoms with E-state index in [-0.39, 0.29) is 5.91 Å². The lowest BCUT2D eigenvalue weighted by Crippen LogP contribution is -2.12. The van der Waals surface area contributed by atoms with Gasteiger partial charge >= 0.3 is 0 Å². The van der Waals surface area contributed by atoms with E-state index in [4.69, 9.17) is 16.3 Å². The first kappa shape index (κ1) is 16.8. The zero-order valence-corrected chi connectivity index (χ0v) is 14.2. The second-order valence-corrected chi connectivity index (χ2v) is 5.66. The van der Waals surface area contributed by atoms with Gasteiger partial charge in [0.25, 0.3) is 5.91 Å². The maximum absolute atomic E-state index is 12.2. The van der Waals surface area contributed by atoms with Crippen molar-refractivity contribution in [1.29, 1.82) is 0 Å². The monoisotopic (exact) mass is 353 g/mol. The van der Waals surface area contributed by atoms with Gasteiger partial charge in [0.05, 0.1) is 24.7 Å². The number of benzene rings is 2. The summed E-state index contributed by atoms with van der Waals surface area (Å²) < 4.78 is 5.30. The molecular weight excluding hydrogens is 338 g/mol. The van der Waals surface area contributed by atoms with E-state index in [2.05, 4.69) is 15.6 Å². The number of ether oxygens (including phenoxy) is 1. The minimum absolute atomic E-state index is 0.263. The molecule has 0 atom stereocenters. The Balaban J connectivity index is 1.69. The zero-order chi connectivity index (χ0) is 17.6. The van der Waals surface area contributed by atoms with Crippen LogP contribution in [-0.2, 0) is 0 Å². The molecule has 2 aromatic carbocycles. The summed E-state index contributed by atoms with van der Waals surface area (Å²) in [7, 11) is 1.62. The van der Waals surface area contributed by atoms with Gasteiger partial charge < -0.3 is 15.4 Å². The molecule has 0 aliphatic rings. The highest BCUT2D eigenvalue weighted by molar-refractivity contribution is 6.31. The molecule has 25 heavy (non-hydrogen) atoms. The number of nitrogens with zero attached hydrogens (tertiary/aromatic N) is 1. The Morgan fingerprint density at radius 1 is 1.08 bits per heavy atom. The van der Waals surface area contributed by atoms with Gasteiger partial charge in [0.1, 0.15) is 11.6 Å². The molecule has 3 rings (SSSR count). The lowest BCUT2D eigenvalue weighted by molar-refractivity contribution is 0.102. The Hall–Kier alpha value is -3.05. The second kappa shape index (κ2) is 7.68. The van der Waals surface area contributed by atoms with Gasteiger partial charge in [0, 0.05) is 10.6 Å². The Bertz CT molecular complexity index is 882. The maximum Gasteiger partial charge on any atom is 0.256 e. The van der Waals surface area contributed by atoms with Gasteiger partial charge in [0.2, 0.25) is 0 Å². The van der Waals surface area contributed by atoms with Crippen molar-refractivity contribution in [3.05, 3.63) is 77.4 Å². The number of carbonyl (C=O) groups excluding carboxylic acids is 1. The van der Waals surface area contributed by atoms with E-state index in [0.29, 0.717) is 16.4 Å².